The lowest BCUT2D eigenvalue weighted by atomic mass is 10.1. The van der Waals surface area contributed by atoms with E-state index in [2.05, 4.69) is 22.5 Å². The van der Waals surface area contributed by atoms with E-state index in [0.29, 0.717) is 5.88 Å². The summed E-state index contributed by atoms with van der Waals surface area (Å²) in [5.41, 5.74) is 3.55. The molecule has 4 heteroatoms. The van der Waals surface area contributed by atoms with E-state index in [1.165, 1.54) is 11.1 Å². The van der Waals surface area contributed by atoms with Crippen molar-refractivity contribution in [2.45, 2.75) is 12.8 Å². The Labute approximate surface area is 109 Å². The molecular weight excluding hydrogens is 254 g/mol. The van der Waals surface area contributed by atoms with Crippen LogP contribution in [0.5, 0.6) is 5.75 Å². The van der Waals surface area contributed by atoms with Crippen LogP contribution in [0, 0.1) is 0 Å². The number of thiazole rings is 1. The zero-order valence-corrected chi connectivity index (χ0v) is 10.9. The molecule has 0 spiro atoms. The van der Waals surface area contributed by atoms with Crippen LogP contribution in [0.15, 0.2) is 23.6 Å². The molecule has 1 aliphatic rings. The molecule has 0 aliphatic carbocycles. The van der Waals surface area contributed by atoms with Gasteiger partial charge >= 0.3 is 0 Å². The van der Waals surface area contributed by atoms with Crippen molar-refractivity contribution in [1.82, 2.24) is 4.98 Å². The van der Waals surface area contributed by atoms with Crippen LogP contribution in [0.3, 0.4) is 0 Å². The predicted octanol–water partition coefficient (Wildman–Crippen LogP) is 3.53. The molecule has 1 aliphatic heterocycles. The summed E-state index contributed by atoms with van der Waals surface area (Å²) in [6.07, 6.45) is 1.84. The van der Waals surface area contributed by atoms with Crippen molar-refractivity contribution >= 4 is 22.9 Å². The number of rotatable bonds is 3. The number of nitrogens with zero attached hydrogens (tertiary/aromatic N) is 1. The third-order valence-corrected chi connectivity index (χ3v) is 3.97. The molecule has 0 fully saturated rings. The number of hydrogen-bond donors (Lipinski definition) is 0. The molecule has 0 bridgehead atoms. The highest BCUT2D eigenvalue weighted by Crippen LogP contribution is 2.31. The molecule has 2 heterocycles. The van der Waals surface area contributed by atoms with Crippen molar-refractivity contribution in [3.8, 4) is 16.3 Å². The summed E-state index contributed by atoms with van der Waals surface area (Å²) in [7, 11) is 0. The Bertz CT molecular complexity index is 538. The highest BCUT2D eigenvalue weighted by Gasteiger charge is 2.13. The molecule has 2 nitrogen and oxygen atoms in total. The van der Waals surface area contributed by atoms with E-state index < -0.39 is 0 Å². The number of benzene rings is 1. The van der Waals surface area contributed by atoms with Crippen LogP contribution in [0.25, 0.3) is 10.6 Å². The van der Waals surface area contributed by atoms with Gasteiger partial charge in [-0.3, -0.25) is 0 Å². The second-order valence-electron chi connectivity index (χ2n) is 4.00. The lowest BCUT2D eigenvalue weighted by Crippen LogP contribution is -1.86. The van der Waals surface area contributed by atoms with Crippen LogP contribution in [0.1, 0.15) is 11.3 Å². The van der Waals surface area contributed by atoms with Crippen LogP contribution >= 0.6 is 22.9 Å². The minimum absolute atomic E-state index is 0.626. The van der Waals surface area contributed by atoms with Crippen molar-refractivity contribution in [3.05, 3.63) is 34.8 Å². The maximum Gasteiger partial charge on any atom is 0.123 e. The van der Waals surface area contributed by atoms with Crippen molar-refractivity contribution in [2.24, 2.45) is 0 Å². The van der Waals surface area contributed by atoms with Gasteiger partial charge < -0.3 is 4.74 Å². The predicted molar refractivity (Wildman–Crippen MR) is 71.2 cm³/mol. The minimum atomic E-state index is 0.626. The average molecular weight is 266 g/mol. The average Bonchev–Trinajstić information content (AvgIpc) is 2.96. The molecule has 0 saturated carbocycles. The van der Waals surface area contributed by atoms with Crippen LogP contribution < -0.4 is 4.74 Å². The molecule has 0 amide bonds. The number of halogens is 1. The normalized spacial score (nSPS) is 13.5. The van der Waals surface area contributed by atoms with E-state index in [0.717, 1.165) is 35.9 Å². The molecule has 2 aromatic rings. The van der Waals surface area contributed by atoms with E-state index in [9.17, 15) is 0 Å². The van der Waals surface area contributed by atoms with Gasteiger partial charge in [-0.15, -0.1) is 22.9 Å². The van der Waals surface area contributed by atoms with E-state index in [1.54, 1.807) is 11.3 Å². The van der Waals surface area contributed by atoms with Gasteiger partial charge in [-0.25, -0.2) is 4.98 Å². The van der Waals surface area contributed by atoms with Gasteiger partial charge in [0.1, 0.15) is 10.8 Å². The monoisotopic (exact) mass is 265 g/mol. The summed E-state index contributed by atoms with van der Waals surface area (Å²) in [4.78, 5) is 4.59. The molecule has 0 N–H and O–H groups in total. The third kappa shape index (κ3) is 2.17. The molecule has 1 aromatic heterocycles. The number of aryl methyl sites for hydroxylation is 1. The largest absolute Gasteiger partial charge is 0.493 e. The maximum atomic E-state index is 5.72. The SMILES string of the molecule is ClCCc1csc(-c2ccc3c(c2)CCO3)n1. The second kappa shape index (κ2) is 4.67. The Morgan fingerprint density at radius 1 is 1.41 bits per heavy atom. The first-order valence-electron chi connectivity index (χ1n) is 5.63. The highest BCUT2D eigenvalue weighted by atomic mass is 35.5. The van der Waals surface area contributed by atoms with Crippen molar-refractivity contribution < 1.29 is 4.74 Å². The number of ether oxygens (including phenoxy) is 1. The van der Waals surface area contributed by atoms with E-state index in [4.69, 9.17) is 16.3 Å². The first kappa shape index (κ1) is 11.1. The lowest BCUT2D eigenvalue weighted by Gasteiger charge is -2.00. The molecule has 0 unspecified atom stereocenters. The van der Waals surface area contributed by atoms with Crippen LogP contribution in [0.4, 0.5) is 0 Å². The summed E-state index contributed by atoms with van der Waals surface area (Å²) in [5.74, 6) is 1.65. The standard InChI is InChI=1S/C13H12ClNOS/c14-5-3-11-8-17-13(15-11)10-1-2-12-9(7-10)4-6-16-12/h1-2,7-8H,3-6H2. The Morgan fingerprint density at radius 3 is 3.24 bits per heavy atom. The topological polar surface area (TPSA) is 22.1 Å². The van der Waals surface area contributed by atoms with Crippen LogP contribution in [-0.2, 0) is 12.8 Å². The lowest BCUT2D eigenvalue weighted by molar-refractivity contribution is 0.357. The smallest absolute Gasteiger partial charge is 0.123 e. The minimum Gasteiger partial charge on any atom is -0.493 e. The van der Waals surface area contributed by atoms with Gasteiger partial charge in [-0.1, -0.05) is 0 Å². The summed E-state index contributed by atoms with van der Waals surface area (Å²) in [6.45, 7) is 0.800. The number of fused-ring (bicyclic) bond motifs is 1. The Morgan fingerprint density at radius 2 is 2.35 bits per heavy atom. The Hall–Kier alpha value is -1.06. The summed E-state index contributed by atoms with van der Waals surface area (Å²) < 4.78 is 5.50. The maximum absolute atomic E-state index is 5.72. The van der Waals surface area contributed by atoms with Gasteiger partial charge in [0.2, 0.25) is 0 Å². The first-order chi connectivity index (χ1) is 8.36. The molecule has 3 rings (SSSR count). The van der Waals surface area contributed by atoms with E-state index in [-0.39, 0.29) is 0 Å². The van der Waals surface area contributed by atoms with Gasteiger partial charge in [0.25, 0.3) is 0 Å². The number of aromatic nitrogens is 1. The number of hydrogen-bond acceptors (Lipinski definition) is 3. The first-order valence-corrected chi connectivity index (χ1v) is 7.05. The van der Waals surface area contributed by atoms with Crippen molar-refractivity contribution in [1.29, 1.82) is 0 Å². The quantitative estimate of drug-likeness (QED) is 0.792. The number of alkyl halides is 1. The molecule has 17 heavy (non-hydrogen) atoms. The zero-order valence-electron chi connectivity index (χ0n) is 9.28. The molecule has 88 valence electrons. The molecular formula is C13H12ClNOS. The molecule has 0 atom stereocenters. The Kier molecular flexibility index (Phi) is 3.04. The van der Waals surface area contributed by atoms with Crippen molar-refractivity contribution in [3.63, 3.8) is 0 Å². The van der Waals surface area contributed by atoms with Crippen molar-refractivity contribution in [2.75, 3.05) is 12.5 Å². The highest BCUT2D eigenvalue weighted by molar-refractivity contribution is 7.13. The van der Waals surface area contributed by atoms with E-state index in [1.807, 2.05) is 6.07 Å². The Balaban J connectivity index is 1.92. The fourth-order valence-electron chi connectivity index (χ4n) is 1.97. The van der Waals surface area contributed by atoms with Gasteiger partial charge in [0, 0.05) is 29.7 Å². The fourth-order valence-corrected chi connectivity index (χ4v) is 3.02. The second-order valence-corrected chi connectivity index (χ2v) is 5.24. The zero-order chi connectivity index (χ0) is 11.7. The fraction of sp³-hybridized carbons (Fsp3) is 0.308. The van der Waals surface area contributed by atoms with Gasteiger partial charge in [0.05, 0.1) is 12.3 Å². The van der Waals surface area contributed by atoms with E-state index >= 15 is 0 Å². The summed E-state index contributed by atoms with van der Waals surface area (Å²) >= 11 is 7.39. The third-order valence-electron chi connectivity index (χ3n) is 2.84. The summed E-state index contributed by atoms with van der Waals surface area (Å²) in [6, 6.07) is 6.30. The molecule has 0 radical (unpaired) electrons. The van der Waals surface area contributed by atoms with Crippen LogP contribution in [-0.4, -0.2) is 17.5 Å². The van der Waals surface area contributed by atoms with Gasteiger partial charge in [-0.2, -0.15) is 0 Å². The van der Waals surface area contributed by atoms with Gasteiger partial charge in [-0.05, 0) is 23.8 Å². The van der Waals surface area contributed by atoms with Crippen LogP contribution in [0.2, 0.25) is 0 Å². The molecule has 1 aromatic carbocycles. The van der Waals surface area contributed by atoms with Gasteiger partial charge in [0.15, 0.2) is 0 Å². The molecule has 0 saturated heterocycles. The summed E-state index contributed by atoms with van der Waals surface area (Å²) in [5, 5.41) is 3.15.